The Morgan fingerprint density at radius 1 is 0.867 bits per heavy atom. The summed E-state index contributed by atoms with van der Waals surface area (Å²) in [5.41, 5.74) is 4.00. The van der Waals surface area contributed by atoms with Crippen LogP contribution < -0.4 is 9.80 Å². The average Bonchev–Trinajstić information content (AvgIpc) is 2.74. The van der Waals surface area contributed by atoms with E-state index in [9.17, 15) is 9.59 Å². The van der Waals surface area contributed by atoms with Crippen molar-refractivity contribution in [1.29, 1.82) is 0 Å². The van der Waals surface area contributed by atoms with Gasteiger partial charge in [-0.2, -0.15) is 0 Å². The molecular formula is C23H29N3O4. The van der Waals surface area contributed by atoms with Gasteiger partial charge in [0.1, 0.15) is 0 Å². The highest BCUT2D eigenvalue weighted by Gasteiger charge is 2.17. The lowest BCUT2D eigenvalue weighted by Crippen LogP contribution is -2.45. The Labute approximate surface area is 177 Å². The minimum Gasteiger partial charge on any atom is -0.478 e. The zero-order chi connectivity index (χ0) is 21.9. The van der Waals surface area contributed by atoms with E-state index in [4.69, 9.17) is 10.2 Å². The molecule has 2 N–H and O–H groups in total. The first-order valence-electron chi connectivity index (χ1n) is 9.77. The van der Waals surface area contributed by atoms with Gasteiger partial charge >= 0.3 is 11.9 Å². The minimum absolute atomic E-state index is 0.558. The quantitative estimate of drug-likeness (QED) is 0.707. The third-order valence-corrected chi connectivity index (χ3v) is 4.72. The molecule has 0 amide bonds. The molecule has 1 heterocycles. The zero-order valence-electron chi connectivity index (χ0n) is 17.4. The van der Waals surface area contributed by atoms with E-state index >= 15 is 0 Å². The van der Waals surface area contributed by atoms with Crippen molar-refractivity contribution in [1.82, 2.24) is 4.90 Å². The van der Waals surface area contributed by atoms with E-state index in [2.05, 4.69) is 83.4 Å². The number of nitrogens with zero attached hydrogens (tertiary/aromatic N) is 3. The summed E-state index contributed by atoms with van der Waals surface area (Å²) in [4.78, 5) is 26.3. The molecular weight excluding hydrogens is 382 g/mol. The van der Waals surface area contributed by atoms with Crippen LogP contribution in [0.3, 0.4) is 0 Å². The van der Waals surface area contributed by atoms with Crippen molar-refractivity contribution < 1.29 is 19.8 Å². The van der Waals surface area contributed by atoms with Crippen molar-refractivity contribution in [3.05, 3.63) is 72.3 Å². The molecule has 3 rings (SSSR count). The van der Waals surface area contributed by atoms with Gasteiger partial charge in [0, 0.05) is 70.3 Å². The number of carbonyl (C=O) groups is 2. The fraction of sp³-hybridized carbons (Fsp3) is 0.304. The van der Waals surface area contributed by atoms with Gasteiger partial charge in [-0.3, -0.25) is 4.90 Å². The number of anilines is 2. The summed E-state index contributed by atoms with van der Waals surface area (Å²) in [7, 11) is 4.16. The van der Waals surface area contributed by atoms with Gasteiger partial charge in [-0.25, -0.2) is 9.59 Å². The smallest absolute Gasteiger partial charge is 0.328 e. The third-order valence-electron chi connectivity index (χ3n) is 4.72. The number of carboxylic acids is 2. The molecule has 0 unspecified atom stereocenters. The fourth-order valence-corrected chi connectivity index (χ4v) is 3.11. The molecule has 0 aromatic heterocycles. The van der Waals surface area contributed by atoms with E-state index in [1.54, 1.807) is 0 Å². The van der Waals surface area contributed by atoms with E-state index < -0.39 is 11.9 Å². The van der Waals surface area contributed by atoms with Crippen LogP contribution in [0.1, 0.15) is 5.56 Å². The van der Waals surface area contributed by atoms with Gasteiger partial charge in [-0.15, -0.1) is 0 Å². The second-order valence-electron chi connectivity index (χ2n) is 7.17. The summed E-state index contributed by atoms with van der Waals surface area (Å²) < 4.78 is 0. The standard InChI is InChI=1S/C19H25N3.C4H4O4/c1-20(2)18-8-10-19(11-9-18)22-14-12-21(13-15-22)16-17-6-4-3-5-7-17;5-3(6)1-2-4(7)8/h3-11H,12-16H2,1-2H3;1-2H,(H,5,6)(H,7,8)/b;2-1+. The molecule has 1 aliphatic rings. The van der Waals surface area contributed by atoms with Gasteiger partial charge in [0.25, 0.3) is 0 Å². The van der Waals surface area contributed by atoms with Gasteiger partial charge in [0.2, 0.25) is 0 Å². The second-order valence-corrected chi connectivity index (χ2v) is 7.17. The van der Waals surface area contributed by atoms with Crippen LogP contribution in [-0.2, 0) is 16.1 Å². The SMILES string of the molecule is CN(C)c1ccc(N2CCN(Cc3ccccc3)CC2)cc1.O=C(O)/C=C/C(=O)O. The molecule has 0 saturated carbocycles. The maximum absolute atomic E-state index is 9.55. The van der Waals surface area contributed by atoms with Crippen LogP contribution in [0.25, 0.3) is 0 Å². The van der Waals surface area contributed by atoms with Gasteiger partial charge in [0.05, 0.1) is 0 Å². The summed E-state index contributed by atoms with van der Waals surface area (Å²) in [5.74, 6) is -2.51. The van der Waals surface area contributed by atoms with Crippen LogP contribution in [0.4, 0.5) is 11.4 Å². The molecule has 7 nitrogen and oxygen atoms in total. The first kappa shape index (κ1) is 23.0. The van der Waals surface area contributed by atoms with Crippen LogP contribution in [0.5, 0.6) is 0 Å². The number of hydrogen-bond acceptors (Lipinski definition) is 5. The lowest BCUT2D eigenvalue weighted by Gasteiger charge is -2.36. The first-order valence-corrected chi connectivity index (χ1v) is 9.77. The molecule has 30 heavy (non-hydrogen) atoms. The van der Waals surface area contributed by atoms with Crippen LogP contribution in [0.15, 0.2) is 66.7 Å². The average molecular weight is 412 g/mol. The summed E-state index contributed by atoms with van der Waals surface area (Å²) in [6.07, 6.45) is 1.12. The second kappa shape index (κ2) is 11.6. The maximum Gasteiger partial charge on any atom is 0.328 e. The van der Waals surface area contributed by atoms with E-state index in [-0.39, 0.29) is 0 Å². The van der Waals surface area contributed by atoms with E-state index in [0.717, 1.165) is 32.7 Å². The molecule has 1 saturated heterocycles. The Bertz CT molecular complexity index is 811. The van der Waals surface area contributed by atoms with Crippen LogP contribution in [0.2, 0.25) is 0 Å². The Morgan fingerprint density at radius 2 is 1.40 bits per heavy atom. The molecule has 1 aliphatic heterocycles. The minimum atomic E-state index is -1.26. The van der Waals surface area contributed by atoms with Crippen LogP contribution in [0, 0.1) is 0 Å². The normalized spacial score (nSPS) is 14.1. The summed E-state index contributed by atoms with van der Waals surface area (Å²) in [6.45, 7) is 5.53. The zero-order valence-corrected chi connectivity index (χ0v) is 17.4. The fourth-order valence-electron chi connectivity index (χ4n) is 3.11. The first-order chi connectivity index (χ1) is 14.3. The third kappa shape index (κ3) is 7.97. The Kier molecular flexibility index (Phi) is 8.90. The molecule has 1 fully saturated rings. The lowest BCUT2D eigenvalue weighted by molar-refractivity contribution is -0.134. The predicted molar refractivity (Wildman–Crippen MR) is 119 cm³/mol. The van der Waals surface area contributed by atoms with Crippen molar-refractivity contribution in [2.45, 2.75) is 6.54 Å². The summed E-state index contributed by atoms with van der Waals surface area (Å²) in [6, 6.07) is 19.6. The molecule has 0 spiro atoms. The lowest BCUT2D eigenvalue weighted by atomic mass is 10.2. The highest BCUT2D eigenvalue weighted by atomic mass is 16.4. The van der Waals surface area contributed by atoms with Gasteiger partial charge in [-0.1, -0.05) is 30.3 Å². The number of piperazine rings is 1. The van der Waals surface area contributed by atoms with Crippen molar-refractivity contribution in [3.8, 4) is 0 Å². The van der Waals surface area contributed by atoms with Crippen molar-refractivity contribution in [2.24, 2.45) is 0 Å². The monoisotopic (exact) mass is 411 g/mol. The molecule has 160 valence electrons. The Morgan fingerprint density at radius 3 is 1.87 bits per heavy atom. The Hall–Kier alpha value is -3.32. The molecule has 0 aliphatic carbocycles. The van der Waals surface area contributed by atoms with E-state index in [0.29, 0.717) is 12.2 Å². The maximum atomic E-state index is 9.55. The summed E-state index contributed by atoms with van der Waals surface area (Å²) in [5, 5.41) is 15.6. The Balaban J connectivity index is 0.000000343. The highest BCUT2D eigenvalue weighted by Crippen LogP contribution is 2.21. The number of carboxylic acid groups (broad SMARTS) is 2. The molecule has 2 aromatic rings. The molecule has 2 aromatic carbocycles. The molecule has 0 bridgehead atoms. The van der Waals surface area contributed by atoms with E-state index in [1.807, 2.05) is 0 Å². The van der Waals surface area contributed by atoms with Gasteiger partial charge < -0.3 is 20.0 Å². The number of rotatable bonds is 6. The van der Waals surface area contributed by atoms with Gasteiger partial charge in [0.15, 0.2) is 0 Å². The molecule has 7 heteroatoms. The van der Waals surface area contributed by atoms with E-state index in [1.165, 1.54) is 16.9 Å². The largest absolute Gasteiger partial charge is 0.478 e. The van der Waals surface area contributed by atoms with Crippen LogP contribution in [-0.4, -0.2) is 67.3 Å². The highest BCUT2D eigenvalue weighted by molar-refractivity contribution is 5.89. The predicted octanol–water partition coefficient (Wildman–Crippen LogP) is 2.79. The number of hydrogen-bond donors (Lipinski definition) is 2. The topological polar surface area (TPSA) is 84.3 Å². The molecule has 0 atom stereocenters. The number of aliphatic carboxylic acids is 2. The number of benzene rings is 2. The summed E-state index contributed by atoms with van der Waals surface area (Å²) >= 11 is 0. The van der Waals surface area contributed by atoms with Gasteiger partial charge in [-0.05, 0) is 29.8 Å². The van der Waals surface area contributed by atoms with Crippen LogP contribution >= 0.6 is 0 Å². The van der Waals surface area contributed by atoms with Crippen molar-refractivity contribution in [3.63, 3.8) is 0 Å². The van der Waals surface area contributed by atoms with Crippen molar-refractivity contribution >= 4 is 23.3 Å². The van der Waals surface area contributed by atoms with Crippen molar-refractivity contribution in [2.75, 3.05) is 50.1 Å². The molecule has 0 radical (unpaired) electrons.